The maximum atomic E-state index is 15.1. The van der Waals surface area contributed by atoms with Gasteiger partial charge in [-0.05, 0) is 101 Å². The summed E-state index contributed by atoms with van der Waals surface area (Å²) in [6.45, 7) is 6.91. The fourth-order valence-electron chi connectivity index (χ4n) is 8.31. The highest BCUT2D eigenvalue weighted by atomic mass is 32.2. The van der Waals surface area contributed by atoms with Crippen molar-refractivity contribution in [2.24, 2.45) is 17.8 Å². The van der Waals surface area contributed by atoms with Gasteiger partial charge in [0.1, 0.15) is 35.0 Å². The number of carbonyl (C=O) groups excluding carboxylic acids is 3. The van der Waals surface area contributed by atoms with Crippen molar-refractivity contribution in [3.8, 4) is 11.6 Å². The van der Waals surface area contributed by atoms with Gasteiger partial charge in [-0.25, -0.2) is 18.2 Å². The van der Waals surface area contributed by atoms with Gasteiger partial charge in [-0.3, -0.25) is 24.0 Å². The summed E-state index contributed by atoms with van der Waals surface area (Å²) in [6, 6.07) is 3.66. The van der Waals surface area contributed by atoms with Gasteiger partial charge in [0.05, 0.1) is 18.4 Å². The molecular formula is C40H52F3N5O9S. The molecule has 1 saturated heterocycles. The summed E-state index contributed by atoms with van der Waals surface area (Å²) in [5.74, 6) is -3.72. The van der Waals surface area contributed by atoms with Crippen molar-refractivity contribution >= 4 is 44.6 Å². The van der Waals surface area contributed by atoms with E-state index < -0.39 is 86.4 Å². The first-order valence-electron chi connectivity index (χ1n) is 19.9. The van der Waals surface area contributed by atoms with Crippen molar-refractivity contribution in [1.29, 1.82) is 0 Å². The van der Waals surface area contributed by atoms with Crippen LogP contribution in [0.5, 0.6) is 11.6 Å². The summed E-state index contributed by atoms with van der Waals surface area (Å²) < 4.78 is 84.2. The monoisotopic (exact) mass is 835 g/mol. The molecule has 1 aromatic heterocycles. The molecule has 18 heteroatoms. The maximum absolute atomic E-state index is 15.1. The Bertz CT molecular complexity index is 2060. The van der Waals surface area contributed by atoms with Crippen LogP contribution in [-0.4, -0.2) is 106 Å². The number of nitrogens with zero attached hydrogens (tertiary/aromatic N) is 3. The first-order chi connectivity index (χ1) is 27.2. The van der Waals surface area contributed by atoms with E-state index in [9.17, 15) is 41.1 Å². The Hall–Kier alpha value is -4.61. The van der Waals surface area contributed by atoms with Crippen molar-refractivity contribution in [1.82, 2.24) is 24.8 Å². The van der Waals surface area contributed by atoms with Gasteiger partial charge in [0.2, 0.25) is 27.7 Å². The number of ether oxygens (including phenoxy) is 2. The summed E-state index contributed by atoms with van der Waals surface area (Å²) in [4.78, 5) is 62.1. The Kier molecular flexibility index (Phi) is 12.0. The van der Waals surface area contributed by atoms with Gasteiger partial charge in [-0.15, -0.1) is 0 Å². The van der Waals surface area contributed by atoms with E-state index in [4.69, 9.17) is 9.47 Å². The van der Waals surface area contributed by atoms with Gasteiger partial charge in [-0.1, -0.05) is 32.4 Å². The first kappa shape index (κ1) is 43.0. The molecule has 2 aromatic rings. The topological polar surface area (TPSA) is 185 Å². The van der Waals surface area contributed by atoms with Gasteiger partial charge >= 0.3 is 12.3 Å². The number of allylic oxidation sites excluding steroid dienone is 1. The normalized spacial score (nSPS) is 28.9. The second-order valence-electron chi connectivity index (χ2n) is 16.5. The van der Waals surface area contributed by atoms with Crippen molar-refractivity contribution in [2.45, 2.75) is 127 Å². The van der Waals surface area contributed by atoms with Gasteiger partial charge in [-0.2, -0.15) is 13.2 Å². The van der Waals surface area contributed by atoms with E-state index in [1.165, 1.54) is 6.20 Å². The first-order valence-corrected chi connectivity index (χ1v) is 21.4. The highest BCUT2D eigenvalue weighted by Gasteiger charge is 2.63. The lowest BCUT2D eigenvalue weighted by Gasteiger charge is -2.46. The molecule has 2 aliphatic carbocycles. The summed E-state index contributed by atoms with van der Waals surface area (Å²) >= 11 is 0. The lowest BCUT2D eigenvalue weighted by Crippen LogP contribution is -2.66. The number of nitrogens with one attached hydrogen (secondary N) is 2. The van der Waals surface area contributed by atoms with E-state index in [1.54, 1.807) is 37.3 Å². The average Bonchev–Trinajstić information content (AvgIpc) is 4.07. The zero-order chi connectivity index (χ0) is 42.4. The van der Waals surface area contributed by atoms with Gasteiger partial charge < -0.3 is 24.8 Å². The number of benzene rings is 1. The van der Waals surface area contributed by atoms with Crippen LogP contribution in [0.3, 0.4) is 0 Å². The predicted molar refractivity (Wildman–Crippen MR) is 206 cm³/mol. The van der Waals surface area contributed by atoms with Crippen LogP contribution < -0.4 is 19.5 Å². The molecule has 2 saturated carbocycles. The summed E-state index contributed by atoms with van der Waals surface area (Å²) in [5.41, 5.74) is -4.72. The van der Waals surface area contributed by atoms with E-state index in [2.05, 4.69) is 15.0 Å². The molecule has 3 fully saturated rings. The highest BCUT2D eigenvalue weighted by molar-refractivity contribution is 7.91. The second kappa shape index (κ2) is 16.2. The molecule has 0 bridgehead atoms. The van der Waals surface area contributed by atoms with Crippen LogP contribution in [0.25, 0.3) is 10.8 Å². The van der Waals surface area contributed by atoms with Gasteiger partial charge in [0.15, 0.2) is 0 Å². The van der Waals surface area contributed by atoms with E-state index in [0.29, 0.717) is 62.7 Å². The molecule has 4 aliphatic rings. The Morgan fingerprint density at radius 2 is 1.84 bits per heavy atom. The lowest BCUT2D eigenvalue weighted by molar-refractivity contribution is -0.222. The number of halogens is 3. The number of carboxylic acid groups (broad SMARTS) is 1. The Morgan fingerprint density at radius 3 is 2.48 bits per heavy atom. The van der Waals surface area contributed by atoms with E-state index in [-0.39, 0.29) is 48.9 Å². The molecule has 14 nitrogen and oxygen atoms in total. The molecule has 2 aliphatic heterocycles. The number of sulfonamides is 1. The molecule has 7 atom stereocenters. The van der Waals surface area contributed by atoms with Crippen LogP contribution in [0.15, 0.2) is 42.6 Å². The standard InChI is InChI=1S/C40H52F3N5O9S/c1-6-24-18-23(3)10-8-9-11-26-21-39(26,36(51)46-58(54,55)29-13-14-29)45-33(49)31-20-28(57-34-30-15-12-27(56-7-2)19-25(30)16-17-44-34)22-47(31)35(50)32(24)48(37(52)53)38(4,5)40(41,42)43/h9,11-12,15-17,19,23-24,26,28-29,31-32H,6-8,10,13-14,18,20-22H2,1-5H3,(H,45,49)(H,46,51)(H,52,53)/b11-9-/t23-,24+,26+,28+,31-,32-,39+/m0/s1. The third-order valence-corrected chi connectivity index (χ3v) is 13.8. The Balaban J connectivity index is 1.43. The molecule has 6 rings (SSSR count). The summed E-state index contributed by atoms with van der Waals surface area (Å²) in [5, 5.41) is 13.8. The second-order valence-corrected chi connectivity index (χ2v) is 18.5. The van der Waals surface area contributed by atoms with Crippen LogP contribution in [0.2, 0.25) is 0 Å². The Morgan fingerprint density at radius 1 is 1.12 bits per heavy atom. The van der Waals surface area contributed by atoms with Crippen molar-refractivity contribution in [3.05, 3.63) is 42.6 Å². The zero-order valence-corrected chi connectivity index (χ0v) is 34.1. The smallest absolute Gasteiger partial charge is 0.411 e. The van der Waals surface area contributed by atoms with Crippen LogP contribution >= 0.6 is 0 Å². The number of amides is 4. The fraction of sp³-hybridized carbons (Fsp3) is 0.625. The molecule has 1 aromatic carbocycles. The Labute approximate surface area is 335 Å². The number of rotatable bonds is 10. The molecule has 0 spiro atoms. The minimum absolute atomic E-state index is 0.0637. The van der Waals surface area contributed by atoms with E-state index in [0.717, 1.165) is 4.90 Å². The molecule has 4 amide bonds. The van der Waals surface area contributed by atoms with E-state index in [1.807, 2.05) is 19.9 Å². The highest BCUT2D eigenvalue weighted by Crippen LogP contribution is 2.47. The SMILES string of the molecule is CCOc1ccc2c(O[C@@H]3C[C@H]4C(=O)N[C@]5(C(=O)NS(=O)(=O)C6CC6)C[C@H]5/C=C\CC[C@H](C)C[C@@H](CC)[C@H](N(C(=O)O)C(C)(C)C(F)(F)F)C(=O)N4C3)nccc2c1. The van der Waals surface area contributed by atoms with Crippen molar-refractivity contribution in [3.63, 3.8) is 0 Å². The maximum Gasteiger partial charge on any atom is 0.411 e. The minimum atomic E-state index is -5.09. The number of hydrogen-bond acceptors (Lipinski definition) is 9. The van der Waals surface area contributed by atoms with Gasteiger partial charge in [0, 0.05) is 23.9 Å². The van der Waals surface area contributed by atoms with Crippen LogP contribution in [0.1, 0.15) is 86.0 Å². The fourth-order valence-corrected chi connectivity index (χ4v) is 9.67. The summed E-state index contributed by atoms with van der Waals surface area (Å²) in [6.07, 6.45) is -0.976. The van der Waals surface area contributed by atoms with Crippen LogP contribution in [0.4, 0.5) is 18.0 Å². The van der Waals surface area contributed by atoms with Crippen molar-refractivity contribution < 1.29 is 55.3 Å². The third kappa shape index (κ3) is 8.57. The number of hydrogen-bond donors (Lipinski definition) is 3. The minimum Gasteiger partial charge on any atom is -0.494 e. The van der Waals surface area contributed by atoms with Crippen LogP contribution in [-0.2, 0) is 24.4 Å². The lowest BCUT2D eigenvalue weighted by atomic mass is 9.82. The molecule has 0 radical (unpaired) electrons. The number of carbonyl (C=O) groups is 4. The summed E-state index contributed by atoms with van der Waals surface area (Å²) in [7, 11) is -4.02. The molecule has 3 heterocycles. The number of aromatic nitrogens is 1. The third-order valence-electron chi connectivity index (χ3n) is 12.0. The predicted octanol–water partition coefficient (Wildman–Crippen LogP) is 5.56. The molecule has 58 heavy (non-hydrogen) atoms. The quantitative estimate of drug-likeness (QED) is 0.256. The number of fused-ring (bicyclic) bond motifs is 3. The number of pyridine rings is 1. The molecule has 0 unspecified atom stereocenters. The molecular weight excluding hydrogens is 784 g/mol. The van der Waals surface area contributed by atoms with E-state index >= 15 is 4.79 Å². The largest absolute Gasteiger partial charge is 0.494 e. The number of alkyl halides is 3. The average molecular weight is 836 g/mol. The molecule has 3 N–H and O–H groups in total. The van der Waals surface area contributed by atoms with Crippen molar-refractivity contribution in [2.75, 3.05) is 13.2 Å². The zero-order valence-electron chi connectivity index (χ0n) is 33.3. The van der Waals surface area contributed by atoms with Gasteiger partial charge in [0.25, 0.3) is 5.91 Å². The molecule has 318 valence electrons. The van der Waals surface area contributed by atoms with Crippen LogP contribution in [0, 0.1) is 17.8 Å².